The van der Waals surface area contributed by atoms with E-state index < -0.39 is 30.8 Å². The second kappa shape index (κ2) is 5.15. The fraction of sp³-hybridized carbons (Fsp3) is 0.333. The van der Waals surface area contributed by atoms with Gasteiger partial charge in [0.05, 0.1) is 4.90 Å². The lowest BCUT2D eigenvalue weighted by Gasteiger charge is -2.45. The predicted octanol–water partition coefficient (Wildman–Crippen LogP) is -2.30. The molecular formula is C9H8B3BrO6S. The number of sulfone groups is 1. The normalized spacial score (nSPS) is 16.6. The van der Waals surface area contributed by atoms with Crippen LogP contribution in [0.4, 0.5) is 0 Å². The van der Waals surface area contributed by atoms with E-state index in [1.165, 1.54) is 12.1 Å². The van der Waals surface area contributed by atoms with Crippen LogP contribution in [0, 0.1) is 0 Å². The number of halogens is 1. The second-order valence-corrected chi connectivity index (χ2v) is 7.14. The van der Waals surface area contributed by atoms with Crippen molar-refractivity contribution in [1.82, 2.24) is 0 Å². The number of aliphatic hydroxyl groups is 4. The first-order valence-electron chi connectivity index (χ1n) is 5.01. The summed E-state index contributed by atoms with van der Waals surface area (Å²) in [5, 5.41) is 34.6. The molecule has 4 N–H and O–H groups in total. The maximum absolute atomic E-state index is 12.3. The molecule has 11 heteroatoms. The Hall–Kier alpha value is -0.315. The third kappa shape index (κ3) is 2.70. The Morgan fingerprint density at radius 2 is 1.35 bits per heavy atom. The van der Waals surface area contributed by atoms with Crippen LogP contribution in [0.2, 0.25) is 0 Å². The molecular weight excluding hydrogens is 348 g/mol. The van der Waals surface area contributed by atoms with Gasteiger partial charge in [0.2, 0.25) is 14.8 Å². The highest BCUT2D eigenvalue weighted by Gasteiger charge is 2.62. The van der Waals surface area contributed by atoms with E-state index in [4.69, 9.17) is 23.5 Å². The third-order valence-electron chi connectivity index (χ3n) is 2.55. The molecule has 6 radical (unpaired) electrons. The first kappa shape index (κ1) is 17.7. The molecule has 0 bridgehead atoms. The molecule has 1 rings (SSSR count). The topological polar surface area (TPSA) is 115 Å². The number of rotatable bonds is 4. The highest BCUT2D eigenvalue weighted by atomic mass is 79.9. The van der Waals surface area contributed by atoms with Crippen molar-refractivity contribution in [3.63, 3.8) is 0 Å². The van der Waals surface area contributed by atoms with Crippen molar-refractivity contribution < 1.29 is 28.8 Å². The quantitative estimate of drug-likeness (QED) is 0.356. The molecule has 1 aromatic rings. The largest absolute Gasteiger partial charge is 0.405 e. The molecule has 0 saturated heterocycles. The molecule has 0 saturated carbocycles. The summed E-state index contributed by atoms with van der Waals surface area (Å²) in [5.74, 6) is 0. The van der Waals surface area contributed by atoms with Crippen molar-refractivity contribution in [3.8, 4) is 0 Å². The van der Waals surface area contributed by atoms with Crippen molar-refractivity contribution >= 4 is 49.3 Å². The van der Waals surface area contributed by atoms with E-state index >= 15 is 0 Å². The van der Waals surface area contributed by atoms with E-state index in [1.807, 2.05) is 0 Å². The standard InChI is InChI=1S/C9H8B3BrO6S/c10-8(11,15)7(14,9(12,16)17)20(18,19)6-3-1-5(13)2-4-6/h1-4,14-17H. The van der Waals surface area contributed by atoms with E-state index in [1.54, 1.807) is 0 Å². The van der Waals surface area contributed by atoms with E-state index in [2.05, 4.69) is 15.9 Å². The zero-order valence-corrected chi connectivity index (χ0v) is 12.3. The average Bonchev–Trinajstić information content (AvgIpc) is 2.25. The Labute approximate surface area is 128 Å². The van der Waals surface area contributed by atoms with Crippen LogP contribution in [-0.4, -0.2) is 68.4 Å². The summed E-state index contributed by atoms with van der Waals surface area (Å²) in [6.45, 7) is 0. The Balaban J connectivity index is 3.61. The van der Waals surface area contributed by atoms with Gasteiger partial charge < -0.3 is 20.4 Å². The van der Waals surface area contributed by atoms with Gasteiger partial charge in [-0.25, -0.2) is 8.42 Å². The molecule has 0 amide bonds. The maximum atomic E-state index is 12.3. The fourth-order valence-corrected chi connectivity index (χ4v) is 3.42. The molecule has 0 aliphatic rings. The minimum Gasteiger partial charge on any atom is -0.405 e. The van der Waals surface area contributed by atoms with Gasteiger partial charge in [0, 0.05) is 9.87 Å². The van der Waals surface area contributed by atoms with Crippen LogP contribution in [0.25, 0.3) is 0 Å². The smallest absolute Gasteiger partial charge is 0.225 e. The first-order valence-corrected chi connectivity index (χ1v) is 7.29. The van der Waals surface area contributed by atoms with Gasteiger partial charge in [-0.15, -0.1) is 0 Å². The van der Waals surface area contributed by atoms with Crippen LogP contribution < -0.4 is 0 Å². The zero-order valence-electron chi connectivity index (χ0n) is 9.93. The van der Waals surface area contributed by atoms with E-state index in [9.17, 15) is 28.8 Å². The SMILES string of the molecule is [B]C([B])(O)C(O)(C([B])(O)O)S(=O)(=O)c1ccc(Br)cc1. The molecule has 0 aliphatic carbocycles. The molecule has 0 fully saturated rings. The minimum absolute atomic E-state index is 0.516. The Morgan fingerprint density at radius 3 is 1.65 bits per heavy atom. The van der Waals surface area contributed by atoms with Gasteiger partial charge in [-0.05, 0) is 24.3 Å². The highest BCUT2D eigenvalue weighted by Crippen LogP contribution is 2.36. The van der Waals surface area contributed by atoms with Gasteiger partial charge >= 0.3 is 0 Å². The molecule has 0 aliphatic heterocycles. The molecule has 102 valence electrons. The summed E-state index contributed by atoms with van der Waals surface area (Å²) in [5.41, 5.74) is -3.82. The molecule has 0 heterocycles. The van der Waals surface area contributed by atoms with Crippen molar-refractivity contribution in [2.75, 3.05) is 0 Å². The summed E-state index contributed by atoms with van der Waals surface area (Å²) in [7, 11) is 9.68. The van der Waals surface area contributed by atoms with Crippen molar-refractivity contribution in [2.24, 2.45) is 0 Å². The summed E-state index contributed by atoms with van der Waals surface area (Å²) >= 11 is 3.06. The molecule has 0 spiro atoms. The van der Waals surface area contributed by atoms with E-state index in [0.29, 0.717) is 4.47 Å². The fourth-order valence-electron chi connectivity index (χ4n) is 1.49. The average molecular weight is 357 g/mol. The van der Waals surface area contributed by atoms with Crippen LogP contribution in [0.15, 0.2) is 33.6 Å². The van der Waals surface area contributed by atoms with Gasteiger partial charge in [0.1, 0.15) is 15.7 Å². The molecule has 1 atom stereocenters. The third-order valence-corrected chi connectivity index (χ3v) is 5.38. The summed E-state index contributed by atoms with van der Waals surface area (Å²) in [4.78, 5) is -4.46. The number of hydrogen-bond acceptors (Lipinski definition) is 6. The van der Waals surface area contributed by atoms with Crippen LogP contribution in [0.3, 0.4) is 0 Å². The Morgan fingerprint density at radius 1 is 0.950 bits per heavy atom. The van der Waals surface area contributed by atoms with Crippen LogP contribution >= 0.6 is 15.9 Å². The summed E-state index contributed by atoms with van der Waals surface area (Å²) in [6, 6.07) is 4.63. The van der Waals surface area contributed by atoms with Gasteiger partial charge in [0.15, 0.2) is 13.5 Å². The zero-order chi connectivity index (χ0) is 16.0. The van der Waals surface area contributed by atoms with Crippen molar-refractivity contribution in [3.05, 3.63) is 28.7 Å². The van der Waals surface area contributed by atoms with Crippen LogP contribution in [0.5, 0.6) is 0 Å². The van der Waals surface area contributed by atoms with Crippen molar-refractivity contribution in [1.29, 1.82) is 0 Å². The van der Waals surface area contributed by atoms with E-state index in [-0.39, 0.29) is 0 Å². The Bertz CT molecular complexity index is 576. The van der Waals surface area contributed by atoms with Crippen LogP contribution in [-0.2, 0) is 9.84 Å². The molecule has 1 unspecified atom stereocenters. The first-order chi connectivity index (χ1) is 8.75. The number of hydrogen-bond donors (Lipinski definition) is 4. The highest BCUT2D eigenvalue weighted by molar-refractivity contribution is 9.10. The van der Waals surface area contributed by atoms with Gasteiger partial charge in [-0.3, -0.25) is 0 Å². The molecule has 0 aromatic heterocycles. The van der Waals surface area contributed by atoms with E-state index in [0.717, 1.165) is 12.1 Å². The number of benzene rings is 1. The summed E-state index contributed by atoms with van der Waals surface area (Å²) in [6.07, 6.45) is 0. The molecule has 6 nitrogen and oxygen atoms in total. The predicted molar refractivity (Wildman–Crippen MR) is 75.7 cm³/mol. The maximum Gasteiger partial charge on any atom is 0.225 e. The molecule has 1 aromatic carbocycles. The van der Waals surface area contributed by atoms with Crippen LogP contribution in [0.1, 0.15) is 0 Å². The lowest BCUT2D eigenvalue weighted by molar-refractivity contribution is -0.207. The van der Waals surface area contributed by atoms with Gasteiger partial charge in [0.25, 0.3) is 0 Å². The second-order valence-electron chi connectivity index (χ2n) is 4.15. The lowest BCUT2D eigenvalue weighted by Crippen LogP contribution is -2.72. The lowest BCUT2D eigenvalue weighted by atomic mass is 9.57. The molecule has 20 heavy (non-hydrogen) atoms. The van der Waals surface area contributed by atoms with Crippen molar-refractivity contribution in [2.45, 2.75) is 20.9 Å². The van der Waals surface area contributed by atoms with Gasteiger partial charge in [-0.2, -0.15) is 0 Å². The monoisotopic (exact) mass is 356 g/mol. The Kier molecular flexibility index (Phi) is 4.57. The van der Waals surface area contributed by atoms with Gasteiger partial charge in [-0.1, -0.05) is 15.9 Å². The minimum atomic E-state index is -5.02. The summed E-state index contributed by atoms with van der Waals surface area (Å²) < 4.78 is 25.1.